The molecule has 0 amide bonds. The summed E-state index contributed by atoms with van der Waals surface area (Å²) in [6, 6.07) is -0.283. The maximum atomic E-state index is 5.29. The standard InChI is InChI=1S/C12H18N2O2/c1-6-7-9-11(15-4)14-10(8(2)3)12(13-9)16-5/h1,8-10H,7H2,2-5H3/t9-,10-/m1/s1. The summed E-state index contributed by atoms with van der Waals surface area (Å²) in [5.74, 6) is 4.11. The highest BCUT2D eigenvalue weighted by atomic mass is 16.5. The van der Waals surface area contributed by atoms with Crippen LogP contribution in [0.1, 0.15) is 20.3 Å². The fourth-order valence-electron chi connectivity index (χ4n) is 1.60. The van der Waals surface area contributed by atoms with Crippen molar-refractivity contribution in [2.45, 2.75) is 32.4 Å². The Morgan fingerprint density at radius 3 is 2.31 bits per heavy atom. The molecular formula is C12H18N2O2. The quantitative estimate of drug-likeness (QED) is 0.665. The van der Waals surface area contributed by atoms with E-state index >= 15 is 0 Å². The van der Waals surface area contributed by atoms with Gasteiger partial charge in [0.05, 0.1) is 14.2 Å². The zero-order valence-electron chi connectivity index (χ0n) is 10.2. The Hall–Kier alpha value is -1.50. The minimum Gasteiger partial charge on any atom is -0.483 e. The van der Waals surface area contributed by atoms with Crippen molar-refractivity contribution >= 4 is 11.8 Å². The summed E-state index contributed by atoms with van der Waals surface area (Å²) in [5.41, 5.74) is 0. The summed E-state index contributed by atoms with van der Waals surface area (Å²) >= 11 is 0. The van der Waals surface area contributed by atoms with Crippen LogP contribution in [-0.2, 0) is 9.47 Å². The molecule has 0 bridgehead atoms. The molecule has 1 aliphatic rings. The van der Waals surface area contributed by atoms with Crippen molar-refractivity contribution in [2.75, 3.05) is 14.2 Å². The van der Waals surface area contributed by atoms with Crippen LogP contribution in [0.2, 0.25) is 0 Å². The van der Waals surface area contributed by atoms with E-state index in [0.29, 0.717) is 24.1 Å². The Bertz CT molecular complexity index is 339. The van der Waals surface area contributed by atoms with Crippen molar-refractivity contribution in [3.63, 3.8) is 0 Å². The first-order chi connectivity index (χ1) is 7.63. The van der Waals surface area contributed by atoms with Crippen LogP contribution in [0.3, 0.4) is 0 Å². The highest BCUT2D eigenvalue weighted by Gasteiger charge is 2.30. The van der Waals surface area contributed by atoms with E-state index in [4.69, 9.17) is 15.9 Å². The third-order valence-corrected chi connectivity index (χ3v) is 2.45. The Kier molecular flexibility index (Phi) is 4.36. The van der Waals surface area contributed by atoms with Crippen LogP contribution in [0.15, 0.2) is 9.98 Å². The lowest BCUT2D eigenvalue weighted by Crippen LogP contribution is -2.37. The van der Waals surface area contributed by atoms with Crippen molar-refractivity contribution in [1.82, 2.24) is 0 Å². The van der Waals surface area contributed by atoms with Gasteiger partial charge in [0.15, 0.2) is 0 Å². The zero-order chi connectivity index (χ0) is 12.1. The van der Waals surface area contributed by atoms with Crippen LogP contribution >= 0.6 is 0 Å². The summed E-state index contributed by atoms with van der Waals surface area (Å²) in [4.78, 5) is 8.94. The summed E-state index contributed by atoms with van der Waals surface area (Å²) in [6.45, 7) is 4.13. The summed E-state index contributed by atoms with van der Waals surface area (Å²) in [7, 11) is 3.20. The molecule has 1 aliphatic heterocycles. The fraction of sp³-hybridized carbons (Fsp3) is 0.667. The van der Waals surface area contributed by atoms with Gasteiger partial charge < -0.3 is 9.47 Å². The maximum Gasteiger partial charge on any atom is 0.210 e. The molecule has 0 N–H and O–H groups in total. The average molecular weight is 222 g/mol. The van der Waals surface area contributed by atoms with Gasteiger partial charge in [0.2, 0.25) is 11.8 Å². The van der Waals surface area contributed by atoms with Gasteiger partial charge in [-0.15, -0.1) is 12.3 Å². The molecule has 1 rings (SSSR count). The monoisotopic (exact) mass is 222 g/mol. The van der Waals surface area contributed by atoms with E-state index in [1.807, 2.05) is 0 Å². The fourth-order valence-corrected chi connectivity index (χ4v) is 1.60. The largest absolute Gasteiger partial charge is 0.483 e. The molecule has 2 atom stereocenters. The van der Waals surface area contributed by atoms with Crippen molar-refractivity contribution < 1.29 is 9.47 Å². The van der Waals surface area contributed by atoms with Crippen LogP contribution < -0.4 is 0 Å². The predicted molar refractivity (Wildman–Crippen MR) is 64.8 cm³/mol. The van der Waals surface area contributed by atoms with Crippen LogP contribution in [0.4, 0.5) is 0 Å². The Labute approximate surface area is 96.8 Å². The number of hydrogen-bond donors (Lipinski definition) is 0. The van der Waals surface area contributed by atoms with Gasteiger partial charge in [0.25, 0.3) is 0 Å². The van der Waals surface area contributed by atoms with Crippen LogP contribution in [-0.4, -0.2) is 38.1 Å². The van der Waals surface area contributed by atoms with Crippen LogP contribution in [0.5, 0.6) is 0 Å². The van der Waals surface area contributed by atoms with Crippen LogP contribution in [0, 0.1) is 18.3 Å². The Balaban J connectivity index is 2.97. The molecule has 4 heteroatoms. The summed E-state index contributed by atoms with van der Waals surface area (Å²) in [5, 5.41) is 0. The molecule has 16 heavy (non-hydrogen) atoms. The highest BCUT2D eigenvalue weighted by molar-refractivity contribution is 5.94. The molecule has 0 aromatic rings. The molecule has 0 saturated carbocycles. The Morgan fingerprint density at radius 2 is 1.88 bits per heavy atom. The number of aliphatic imine (C=N–C) groups is 2. The second-order valence-electron chi connectivity index (χ2n) is 3.96. The van der Waals surface area contributed by atoms with Gasteiger partial charge in [-0.3, -0.25) is 0 Å². The molecular weight excluding hydrogens is 204 g/mol. The SMILES string of the molecule is C#CC[C@H]1N=C(OC)[C@@H](C(C)C)N=C1OC. The molecule has 0 spiro atoms. The normalized spacial score (nSPS) is 24.5. The number of terminal acetylenes is 1. The van der Waals surface area contributed by atoms with Crippen molar-refractivity contribution in [3.05, 3.63) is 0 Å². The van der Waals surface area contributed by atoms with Crippen molar-refractivity contribution in [2.24, 2.45) is 15.9 Å². The van der Waals surface area contributed by atoms with Gasteiger partial charge in [-0.1, -0.05) is 13.8 Å². The lowest BCUT2D eigenvalue weighted by Gasteiger charge is -2.26. The van der Waals surface area contributed by atoms with E-state index < -0.39 is 0 Å². The van der Waals surface area contributed by atoms with Crippen LogP contribution in [0.25, 0.3) is 0 Å². The second kappa shape index (κ2) is 5.55. The molecule has 0 fully saturated rings. The lowest BCUT2D eigenvalue weighted by atomic mass is 10.0. The van der Waals surface area contributed by atoms with E-state index in [1.165, 1.54) is 0 Å². The number of methoxy groups -OCH3 is 2. The van der Waals surface area contributed by atoms with Gasteiger partial charge in [-0.2, -0.15) is 0 Å². The minimum absolute atomic E-state index is 0.0750. The number of ether oxygens (including phenoxy) is 2. The molecule has 0 saturated heterocycles. The lowest BCUT2D eigenvalue weighted by molar-refractivity contribution is 0.333. The smallest absolute Gasteiger partial charge is 0.210 e. The van der Waals surface area contributed by atoms with Gasteiger partial charge in [0.1, 0.15) is 12.1 Å². The van der Waals surface area contributed by atoms with Gasteiger partial charge >= 0.3 is 0 Å². The first-order valence-electron chi connectivity index (χ1n) is 5.30. The zero-order valence-corrected chi connectivity index (χ0v) is 10.2. The number of nitrogens with zero attached hydrogens (tertiary/aromatic N) is 2. The first-order valence-corrected chi connectivity index (χ1v) is 5.30. The number of rotatable bonds is 2. The van der Waals surface area contributed by atoms with Gasteiger partial charge in [-0.05, 0) is 5.92 Å². The molecule has 0 unspecified atom stereocenters. The molecule has 0 radical (unpaired) electrons. The van der Waals surface area contributed by atoms with E-state index in [9.17, 15) is 0 Å². The van der Waals surface area contributed by atoms with Crippen molar-refractivity contribution in [1.29, 1.82) is 0 Å². The minimum atomic E-state index is -0.208. The topological polar surface area (TPSA) is 43.2 Å². The molecule has 4 nitrogen and oxygen atoms in total. The average Bonchev–Trinajstić information content (AvgIpc) is 2.28. The van der Waals surface area contributed by atoms with E-state index in [1.54, 1.807) is 14.2 Å². The van der Waals surface area contributed by atoms with Crippen molar-refractivity contribution in [3.8, 4) is 12.3 Å². The van der Waals surface area contributed by atoms with E-state index in [2.05, 4.69) is 29.8 Å². The molecule has 0 aromatic heterocycles. The predicted octanol–water partition coefficient (Wildman–Crippen LogP) is 1.51. The molecule has 1 heterocycles. The summed E-state index contributed by atoms with van der Waals surface area (Å²) in [6.07, 6.45) is 5.76. The third-order valence-electron chi connectivity index (χ3n) is 2.45. The second-order valence-corrected chi connectivity index (χ2v) is 3.96. The maximum absolute atomic E-state index is 5.29. The third kappa shape index (κ3) is 2.54. The first kappa shape index (κ1) is 12.6. The van der Waals surface area contributed by atoms with E-state index in [0.717, 1.165) is 0 Å². The van der Waals surface area contributed by atoms with Gasteiger partial charge in [0, 0.05) is 6.42 Å². The molecule has 0 aliphatic carbocycles. The number of hydrogen-bond acceptors (Lipinski definition) is 4. The molecule has 88 valence electrons. The van der Waals surface area contributed by atoms with E-state index in [-0.39, 0.29) is 12.1 Å². The summed E-state index contributed by atoms with van der Waals surface area (Å²) < 4.78 is 10.5. The highest BCUT2D eigenvalue weighted by Crippen LogP contribution is 2.18. The molecule has 0 aromatic carbocycles. The van der Waals surface area contributed by atoms with Gasteiger partial charge in [-0.25, -0.2) is 9.98 Å². The Morgan fingerprint density at radius 1 is 1.25 bits per heavy atom.